The zero-order valence-electron chi connectivity index (χ0n) is 13.0. The van der Waals surface area contributed by atoms with Crippen LogP contribution in [-0.2, 0) is 19.4 Å². The molecule has 0 radical (unpaired) electrons. The third-order valence-electron chi connectivity index (χ3n) is 3.92. The topological polar surface area (TPSA) is 85.6 Å². The first-order valence-corrected chi connectivity index (χ1v) is 8.41. The van der Waals surface area contributed by atoms with Gasteiger partial charge in [-0.25, -0.2) is 0 Å². The van der Waals surface area contributed by atoms with E-state index in [1.165, 1.54) is 0 Å². The molecule has 118 valence electrons. The van der Waals surface area contributed by atoms with Gasteiger partial charge in [0.1, 0.15) is 16.5 Å². The van der Waals surface area contributed by atoms with Crippen LogP contribution in [0.3, 0.4) is 0 Å². The summed E-state index contributed by atoms with van der Waals surface area (Å²) in [5.74, 6) is 2.26. The molecule has 1 amide bonds. The van der Waals surface area contributed by atoms with E-state index in [0.29, 0.717) is 10.8 Å². The maximum atomic E-state index is 12.4. The van der Waals surface area contributed by atoms with E-state index in [0.717, 1.165) is 54.7 Å². The zero-order chi connectivity index (χ0) is 15.7. The number of hydrogen-bond donors (Lipinski definition) is 1. The van der Waals surface area contributed by atoms with Crippen LogP contribution in [0.4, 0.5) is 0 Å². The summed E-state index contributed by atoms with van der Waals surface area (Å²) < 4.78 is 6.02. The lowest BCUT2D eigenvalue weighted by Gasteiger charge is -2.25. The third-order valence-corrected chi connectivity index (χ3v) is 4.69. The Hall–Kier alpha value is -1.83. The lowest BCUT2D eigenvalue weighted by molar-refractivity contribution is 0.0930. The fraction of sp³-hybridized carbons (Fsp3) is 0.643. The monoisotopic (exact) mass is 320 g/mol. The predicted octanol–water partition coefficient (Wildman–Crippen LogP) is 1.56. The number of nitrogens with one attached hydrogen (secondary N) is 1. The minimum absolute atomic E-state index is 0.0699. The average molecular weight is 320 g/mol. The number of rotatable bonds is 4. The number of carbonyl (C=O) groups excluding carboxylic acids is 1. The molecule has 1 atom stereocenters. The molecule has 22 heavy (non-hydrogen) atoms. The number of nitrogens with zero attached hydrogens (tertiary/aromatic N) is 5. The van der Waals surface area contributed by atoms with E-state index in [-0.39, 0.29) is 11.9 Å². The van der Waals surface area contributed by atoms with Gasteiger partial charge in [-0.3, -0.25) is 4.79 Å². The van der Waals surface area contributed by atoms with Gasteiger partial charge in [0.2, 0.25) is 0 Å². The van der Waals surface area contributed by atoms with Crippen LogP contribution in [0.25, 0.3) is 0 Å². The average Bonchev–Trinajstić information content (AvgIpc) is 3.13. The number of amides is 1. The van der Waals surface area contributed by atoms with Gasteiger partial charge in [0.25, 0.3) is 5.91 Å². The molecular weight excluding hydrogens is 300 g/mol. The first-order chi connectivity index (χ1) is 10.6. The van der Waals surface area contributed by atoms with Gasteiger partial charge >= 0.3 is 0 Å². The first kappa shape index (κ1) is 15.1. The quantitative estimate of drug-likeness (QED) is 0.924. The molecule has 7 nitrogen and oxygen atoms in total. The Kier molecular flexibility index (Phi) is 4.19. The molecule has 0 aromatic carbocycles. The summed E-state index contributed by atoms with van der Waals surface area (Å²) in [6.07, 6.45) is 2.44. The second-order valence-electron chi connectivity index (χ2n) is 5.85. The van der Waals surface area contributed by atoms with Crippen molar-refractivity contribution in [2.45, 2.75) is 58.5 Å². The molecule has 0 unspecified atom stereocenters. The van der Waals surface area contributed by atoms with Crippen molar-refractivity contribution < 1.29 is 4.79 Å². The summed E-state index contributed by atoms with van der Waals surface area (Å²) in [6, 6.07) is 0.0975. The summed E-state index contributed by atoms with van der Waals surface area (Å²) in [7, 11) is 0. The smallest absolute Gasteiger partial charge is 0.265 e. The van der Waals surface area contributed by atoms with E-state index < -0.39 is 0 Å². The number of carbonyl (C=O) groups is 1. The number of aromatic nitrogens is 5. The van der Waals surface area contributed by atoms with Crippen molar-refractivity contribution in [1.29, 1.82) is 0 Å². The lowest BCUT2D eigenvalue weighted by atomic mass is 10.1. The number of hydrogen-bond acceptors (Lipinski definition) is 6. The van der Waals surface area contributed by atoms with Crippen LogP contribution in [-0.4, -0.2) is 36.3 Å². The third kappa shape index (κ3) is 2.75. The molecular formula is C14H20N6OS. The molecule has 3 heterocycles. The highest BCUT2D eigenvalue weighted by Gasteiger charge is 2.26. The van der Waals surface area contributed by atoms with Crippen molar-refractivity contribution >= 4 is 17.4 Å². The van der Waals surface area contributed by atoms with Crippen LogP contribution in [0.15, 0.2) is 0 Å². The maximum Gasteiger partial charge on any atom is 0.265 e. The van der Waals surface area contributed by atoms with Crippen LogP contribution < -0.4 is 5.32 Å². The van der Waals surface area contributed by atoms with Gasteiger partial charge in [-0.2, -0.15) is 0 Å². The molecule has 0 bridgehead atoms. The first-order valence-electron chi connectivity index (χ1n) is 7.64. The molecule has 0 spiro atoms. The van der Waals surface area contributed by atoms with Crippen LogP contribution in [0.2, 0.25) is 0 Å². The van der Waals surface area contributed by atoms with Crippen molar-refractivity contribution in [2.75, 3.05) is 0 Å². The molecule has 1 aliphatic heterocycles. The van der Waals surface area contributed by atoms with Crippen LogP contribution >= 0.6 is 11.5 Å². The highest BCUT2D eigenvalue weighted by Crippen LogP contribution is 2.20. The van der Waals surface area contributed by atoms with Gasteiger partial charge in [-0.15, -0.1) is 15.3 Å². The van der Waals surface area contributed by atoms with E-state index >= 15 is 0 Å². The van der Waals surface area contributed by atoms with Crippen molar-refractivity contribution in [3.05, 3.63) is 22.2 Å². The number of aryl methyl sites for hydroxylation is 2. The molecule has 1 N–H and O–H groups in total. The Morgan fingerprint density at radius 2 is 2.23 bits per heavy atom. The van der Waals surface area contributed by atoms with Gasteiger partial charge in [0.15, 0.2) is 0 Å². The van der Waals surface area contributed by atoms with E-state index in [1.807, 2.05) is 6.92 Å². The Bertz CT molecular complexity index is 677. The van der Waals surface area contributed by atoms with E-state index in [2.05, 4.69) is 43.5 Å². The van der Waals surface area contributed by atoms with E-state index in [9.17, 15) is 4.79 Å². The molecule has 0 saturated carbocycles. The van der Waals surface area contributed by atoms with Gasteiger partial charge in [-0.1, -0.05) is 25.3 Å². The van der Waals surface area contributed by atoms with Crippen molar-refractivity contribution in [1.82, 2.24) is 29.7 Å². The Morgan fingerprint density at radius 1 is 1.41 bits per heavy atom. The van der Waals surface area contributed by atoms with Gasteiger partial charge in [0.05, 0.1) is 5.69 Å². The molecule has 1 aliphatic rings. The fourth-order valence-corrected chi connectivity index (χ4v) is 3.41. The van der Waals surface area contributed by atoms with Crippen molar-refractivity contribution in [3.8, 4) is 0 Å². The Labute approximate surface area is 133 Å². The minimum Gasteiger partial charge on any atom is -0.347 e. The largest absolute Gasteiger partial charge is 0.347 e. The van der Waals surface area contributed by atoms with Crippen molar-refractivity contribution in [3.63, 3.8) is 0 Å². The zero-order valence-corrected chi connectivity index (χ0v) is 13.9. The van der Waals surface area contributed by atoms with Crippen molar-refractivity contribution in [2.24, 2.45) is 0 Å². The lowest BCUT2D eigenvalue weighted by Crippen LogP contribution is -2.41. The number of fused-ring (bicyclic) bond motifs is 1. The van der Waals surface area contributed by atoms with Crippen LogP contribution in [0.5, 0.6) is 0 Å². The summed E-state index contributed by atoms with van der Waals surface area (Å²) >= 11 is 1.16. The standard InChI is InChI=1S/C14H20N6OS/c1-4-10-12(22-19-16-10)14(21)15-9-5-6-11-17-18-13(8(2)3)20(11)7-9/h8-9H,4-7H2,1-3H3,(H,15,21)/t9-/m0/s1. The molecule has 0 aliphatic carbocycles. The van der Waals surface area contributed by atoms with E-state index in [4.69, 9.17) is 0 Å². The summed E-state index contributed by atoms with van der Waals surface area (Å²) in [6.45, 7) is 6.92. The molecule has 3 rings (SSSR count). The molecule has 2 aromatic heterocycles. The van der Waals surface area contributed by atoms with E-state index in [1.54, 1.807) is 0 Å². The normalized spacial score (nSPS) is 17.5. The summed E-state index contributed by atoms with van der Waals surface area (Å²) in [5.41, 5.74) is 0.770. The SMILES string of the molecule is CCc1nnsc1C(=O)N[C@H]1CCc2nnc(C(C)C)n2C1. The second-order valence-corrected chi connectivity index (χ2v) is 6.61. The molecule has 0 fully saturated rings. The fourth-order valence-electron chi connectivity index (χ4n) is 2.76. The second kappa shape index (κ2) is 6.12. The highest BCUT2D eigenvalue weighted by molar-refractivity contribution is 7.08. The molecule has 0 saturated heterocycles. The minimum atomic E-state index is -0.0699. The Morgan fingerprint density at radius 3 is 2.95 bits per heavy atom. The summed E-state index contributed by atoms with van der Waals surface area (Å²) in [4.78, 5) is 13.0. The van der Waals surface area contributed by atoms with Gasteiger partial charge in [-0.05, 0) is 24.4 Å². The van der Waals surface area contributed by atoms with Crippen LogP contribution in [0.1, 0.15) is 60.1 Å². The molecule has 2 aromatic rings. The maximum absolute atomic E-state index is 12.4. The van der Waals surface area contributed by atoms with Gasteiger partial charge in [0, 0.05) is 24.9 Å². The molecule has 8 heteroatoms. The van der Waals surface area contributed by atoms with Crippen LogP contribution in [0, 0.1) is 0 Å². The summed E-state index contributed by atoms with van der Waals surface area (Å²) in [5, 5.41) is 15.6. The van der Waals surface area contributed by atoms with Gasteiger partial charge < -0.3 is 9.88 Å². The highest BCUT2D eigenvalue weighted by atomic mass is 32.1. The predicted molar refractivity (Wildman–Crippen MR) is 83.0 cm³/mol. The Balaban J connectivity index is 1.72.